The second-order valence-electron chi connectivity index (χ2n) is 12.4. The molecule has 8 nitrogen and oxygen atoms in total. The third-order valence-corrected chi connectivity index (χ3v) is 8.76. The van der Waals surface area contributed by atoms with Crippen LogP contribution in [0.3, 0.4) is 0 Å². The van der Waals surface area contributed by atoms with Gasteiger partial charge in [0.1, 0.15) is 17.9 Å². The zero-order valence-corrected chi connectivity index (χ0v) is 26.9. The summed E-state index contributed by atoms with van der Waals surface area (Å²) in [5, 5.41) is 12.5. The van der Waals surface area contributed by atoms with Gasteiger partial charge in [0.25, 0.3) is 0 Å². The van der Waals surface area contributed by atoms with Gasteiger partial charge in [0.05, 0.1) is 6.10 Å². The molecule has 4 rings (SSSR count). The van der Waals surface area contributed by atoms with Gasteiger partial charge < -0.3 is 26.0 Å². The lowest BCUT2D eigenvalue weighted by Gasteiger charge is -2.37. The molecule has 0 aromatic heterocycles. The topological polar surface area (TPSA) is 116 Å². The monoisotopic (exact) mass is 628 g/mol. The zero-order valence-electron chi connectivity index (χ0n) is 26.9. The van der Waals surface area contributed by atoms with Gasteiger partial charge in [-0.1, -0.05) is 72.8 Å². The van der Waals surface area contributed by atoms with Gasteiger partial charge in [0.15, 0.2) is 0 Å². The number of nitrogens with two attached hydrogens (primary N) is 1. The van der Waals surface area contributed by atoms with Gasteiger partial charge in [-0.15, -0.1) is 0 Å². The van der Waals surface area contributed by atoms with E-state index in [0.29, 0.717) is 12.0 Å². The van der Waals surface area contributed by atoms with E-state index in [1.807, 2.05) is 54.6 Å². The van der Waals surface area contributed by atoms with Crippen molar-refractivity contribution in [3.8, 4) is 11.1 Å². The number of likely N-dealkylation sites (N-methyl/N-ethyl adjacent to an activating group) is 2. The summed E-state index contributed by atoms with van der Waals surface area (Å²) in [6.45, 7) is 1.55. The van der Waals surface area contributed by atoms with Crippen molar-refractivity contribution in [3.63, 3.8) is 0 Å². The molecule has 0 spiro atoms. The minimum Gasteiger partial charge on any atom is -0.392 e. The van der Waals surface area contributed by atoms with Crippen LogP contribution in [0.15, 0.2) is 91.0 Å². The molecule has 0 heterocycles. The van der Waals surface area contributed by atoms with Crippen LogP contribution in [0.2, 0.25) is 0 Å². The summed E-state index contributed by atoms with van der Waals surface area (Å²) in [5.41, 5.74) is 9.65. The minimum absolute atomic E-state index is 0.00376. The third kappa shape index (κ3) is 9.34. The molecule has 244 valence electrons. The molecule has 46 heavy (non-hydrogen) atoms. The Hall–Kier alpha value is -4.34. The molecule has 0 radical (unpaired) electrons. The van der Waals surface area contributed by atoms with E-state index in [-0.39, 0.29) is 30.8 Å². The van der Waals surface area contributed by atoms with E-state index < -0.39 is 35.8 Å². The molecule has 0 aliphatic heterocycles. The summed E-state index contributed by atoms with van der Waals surface area (Å²) in [7, 11) is 3.12. The van der Waals surface area contributed by atoms with E-state index in [9.17, 15) is 23.9 Å². The standard InChI is InChI=1S/C37H45FN4O4/c1-26(43)25-40-35(45)32(23-28-14-18-31(38)19-15-28)42(3)36(46)33(41(2)34(44)11-7-20-37(39)21-8-22-37)24-27-12-16-30(17-13-27)29-9-5-4-6-10-29/h4-7,9-19,26,32-33,43H,8,20-25,39H2,1-3H3,(H,40,45)/b11-7+/t26-,32-,33-/m1/s1. The fourth-order valence-corrected chi connectivity index (χ4v) is 5.58. The molecule has 1 aliphatic carbocycles. The molecule has 3 amide bonds. The lowest BCUT2D eigenvalue weighted by atomic mass is 9.75. The fourth-order valence-electron chi connectivity index (χ4n) is 5.58. The number of aliphatic hydroxyl groups is 1. The summed E-state index contributed by atoms with van der Waals surface area (Å²) >= 11 is 0. The Morgan fingerprint density at radius 1 is 0.891 bits per heavy atom. The number of hydrogen-bond acceptors (Lipinski definition) is 5. The van der Waals surface area contributed by atoms with Crippen LogP contribution in [0.5, 0.6) is 0 Å². The predicted molar refractivity (Wildman–Crippen MR) is 178 cm³/mol. The van der Waals surface area contributed by atoms with Gasteiger partial charge >= 0.3 is 0 Å². The van der Waals surface area contributed by atoms with Crippen LogP contribution in [0.4, 0.5) is 4.39 Å². The Bertz CT molecular complexity index is 1490. The van der Waals surface area contributed by atoms with E-state index in [4.69, 9.17) is 5.73 Å². The molecule has 3 atom stereocenters. The first-order valence-corrected chi connectivity index (χ1v) is 15.8. The summed E-state index contributed by atoms with van der Waals surface area (Å²) in [5.74, 6) is -1.64. The number of hydrogen-bond donors (Lipinski definition) is 3. The number of rotatable bonds is 14. The average Bonchev–Trinajstić information content (AvgIpc) is 3.04. The Labute approximate surface area is 271 Å². The summed E-state index contributed by atoms with van der Waals surface area (Å²) in [6.07, 6.45) is 6.28. The largest absolute Gasteiger partial charge is 0.392 e. The average molecular weight is 629 g/mol. The molecule has 4 N–H and O–H groups in total. The SMILES string of the molecule is C[C@@H](O)CNC(=O)[C@@H](Cc1ccc(F)cc1)N(C)C(=O)[C@@H](Cc1ccc(-c2ccccc2)cc1)N(C)C(=O)/C=C/CC1(N)CCC1. The third-order valence-electron chi connectivity index (χ3n) is 8.76. The number of nitrogens with zero attached hydrogens (tertiary/aromatic N) is 2. The number of carbonyl (C=O) groups is 3. The minimum atomic E-state index is -0.977. The van der Waals surface area contributed by atoms with Crippen LogP contribution < -0.4 is 11.1 Å². The van der Waals surface area contributed by atoms with Gasteiger partial charge in [-0.05, 0) is 73.1 Å². The Kier molecular flexibility index (Phi) is 11.8. The first kappa shape index (κ1) is 34.5. The van der Waals surface area contributed by atoms with Crippen LogP contribution in [-0.2, 0) is 27.2 Å². The molecular formula is C37H45FN4O4. The number of aliphatic hydroxyl groups excluding tert-OH is 1. The van der Waals surface area contributed by atoms with Crippen LogP contribution >= 0.6 is 0 Å². The number of amides is 3. The summed E-state index contributed by atoms with van der Waals surface area (Å²) in [4.78, 5) is 43.9. The Morgan fingerprint density at radius 2 is 1.46 bits per heavy atom. The number of carbonyl (C=O) groups excluding carboxylic acids is 3. The highest BCUT2D eigenvalue weighted by Crippen LogP contribution is 2.32. The highest BCUT2D eigenvalue weighted by molar-refractivity contribution is 5.95. The van der Waals surface area contributed by atoms with Crippen molar-refractivity contribution in [2.24, 2.45) is 5.73 Å². The first-order chi connectivity index (χ1) is 22.0. The van der Waals surface area contributed by atoms with Crippen molar-refractivity contribution in [1.29, 1.82) is 0 Å². The molecule has 1 saturated carbocycles. The van der Waals surface area contributed by atoms with Gasteiger partial charge in [-0.2, -0.15) is 0 Å². The van der Waals surface area contributed by atoms with E-state index in [1.54, 1.807) is 32.2 Å². The zero-order chi connectivity index (χ0) is 33.3. The Morgan fingerprint density at radius 3 is 2.02 bits per heavy atom. The van der Waals surface area contributed by atoms with Crippen molar-refractivity contribution in [2.45, 2.75) is 69.2 Å². The summed E-state index contributed by atoms with van der Waals surface area (Å²) < 4.78 is 13.6. The van der Waals surface area contributed by atoms with E-state index in [2.05, 4.69) is 5.32 Å². The van der Waals surface area contributed by atoms with Crippen LogP contribution in [0.1, 0.15) is 43.7 Å². The second-order valence-corrected chi connectivity index (χ2v) is 12.4. The smallest absolute Gasteiger partial charge is 0.246 e. The van der Waals surface area contributed by atoms with Crippen molar-refractivity contribution in [1.82, 2.24) is 15.1 Å². The first-order valence-electron chi connectivity index (χ1n) is 15.8. The van der Waals surface area contributed by atoms with Gasteiger partial charge in [-0.25, -0.2) is 4.39 Å². The second kappa shape index (κ2) is 15.8. The maximum Gasteiger partial charge on any atom is 0.246 e. The van der Waals surface area contributed by atoms with Crippen LogP contribution in [-0.4, -0.2) is 77.0 Å². The highest BCUT2D eigenvalue weighted by Gasteiger charge is 2.35. The maximum atomic E-state index is 14.3. The molecule has 1 fully saturated rings. The van der Waals surface area contributed by atoms with Crippen LogP contribution in [0.25, 0.3) is 11.1 Å². The van der Waals surface area contributed by atoms with E-state index >= 15 is 0 Å². The normalized spacial score (nSPS) is 15.8. The number of benzene rings is 3. The molecule has 0 unspecified atom stereocenters. The predicted octanol–water partition coefficient (Wildman–Crippen LogP) is 4.26. The molecule has 1 aliphatic rings. The van der Waals surface area contributed by atoms with Crippen molar-refractivity contribution in [3.05, 3.63) is 108 Å². The fraction of sp³-hybridized carbons (Fsp3) is 0.378. The molecule has 9 heteroatoms. The van der Waals surface area contributed by atoms with Gasteiger partial charge in [-0.3, -0.25) is 14.4 Å². The van der Waals surface area contributed by atoms with E-state index in [1.165, 1.54) is 35.1 Å². The molecule has 0 saturated heterocycles. The quantitative estimate of drug-likeness (QED) is 0.231. The van der Waals surface area contributed by atoms with Crippen molar-refractivity contribution >= 4 is 17.7 Å². The van der Waals surface area contributed by atoms with Gasteiger partial charge in [0, 0.05) is 39.0 Å². The maximum absolute atomic E-state index is 14.3. The van der Waals surface area contributed by atoms with Crippen molar-refractivity contribution in [2.75, 3.05) is 20.6 Å². The van der Waals surface area contributed by atoms with Gasteiger partial charge in [0.2, 0.25) is 17.7 Å². The molecule has 3 aromatic carbocycles. The number of halogens is 1. The molecular weight excluding hydrogens is 583 g/mol. The Balaban J connectivity index is 1.60. The highest BCUT2D eigenvalue weighted by atomic mass is 19.1. The molecule has 3 aromatic rings. The summed E-state index contributed by atoms with van der Waals surface area (Å²) in [6, 6.07) is 21.6. The van der Waals surface area contributed by atoms with Crippen molar-refractivity contribution < 1.29 is 23.9 Å². The molecule has 0 bridgehead atoms. The van der Waals surface area contributed by atoms with Crippen LogP contribution in [0, 0.1) is 5.82 Å². The number of nitrogens with one attached hydrogen (secondary N) is 1. The lowest BCUT2D eigenvalue weighted by Crippen LogP contribution is -2.56. The lowest BCUT2D eigenvalue weighted by molar-refractivity contribution is -0.146. The van der Waals surface area contributed by atoms with E-state index in [0.717, 1.165) is 36.0 Å².